The van der Waals surface area contributed by atoms with E-state index in [0.29, 0.717) is 6.42 Å². The van der Waals surface area contributed by atoms with Crippen LogP contribution in [0.25, 0.3) is 0 Å². The van der Waals surface area contributed by atoms with Gasteiger partial charge in [0.15, 0.2) is 0 Å². The minimum Gasteiger partial charge on any atom is -0.371 e. The zero-order valence-corrected chi connectivity index (χ0v) is 27.2. The molecule has 0 atom stereocenters. The first kappa shape index (κ1) is 38.4. The Balaban J connectivity index is 3.14. The summed E-state index contributed by atoms with van der Waals surface area (Å²) in [5.74, 6) is -0.0822. The molecular formula is C36H73NO2. The standard InChI is InChI=1S/C36H73NO2/c1-3-5-7-9-11-13-15-17-19-21-23-25-27-29-31-33-35-37-39-36(38)34-32-30-28-26-24-22-20-18-16-14-12-10-8-6-4-2/h37H,3-35H2,1-2H3. The van der Waals surface area contributed by atoms with Crippen molar-refractivity contribution in [3.63, 3.8) is 0 Å². The van der Waals surface area contributed by atoms with Crippen molar-refractivity contribution in [3.05, 3.63) is 0 Å². The molecule has 0 aromatic rings. The van der Waals surface area contributed by atoms with E-state index in [-0.39, 0.29) is 5.97 Å². The van der Waals surface area contributed by atoms with Crippen molar-refractivity contribution in [2.75, 3.05) is 6.54 Å². The molecule has 0 spiro atoms. The molecule has 3 nitrogen and oxygen atoms in total. The largest absolute Gasteiger partial charge is 0.371 e. The molecule has 0 amide bonds. The molecule has 0 aliphatic heterocycles. The summed E-state index contributed by atoms with van der Waals surface area (Å²) >= 11 is 0. The minimum atomic E-state index is -0.0822. The normalized spacial score (nSPS) is 11.3. The SMILES string of the molecule is CCCCCCCCCCCCCCCCCCNOC(=O)CCCCCCCCCCCCCCCCC. The summed E-state index contributed by atoms with van der Waals surface area (Å²) in [5, 5.41) is 0. The van der Waals surface area contributed by atoms with Gasteiger partial charge in [-0.1, -0.05) is 200 Å². The van der Waals surface area contributed by atoms with E-state index in [1.54, 1.807) is 0 Å². The van der Waals surface area contributed by atoms with Crippen molar-refractivity contribution >= 4 is 5.97 Å². The maximum Gasteiger partial charge on any atom is 0.324 e. The summed E-state index contributed by atoms with van der Waals surface area (Å²) in [6.07, 6.45) is 42.9. The van der Waals surface area contributed by atoms with Gasteiger partial charge in [0.2, 0.25) is 0 Å². The Morgan fingerprint density at radius 1 is 0.385 bits per heavy atom. The van der Waals surface area contributed by atoms with Crippen molar-refractivity contribution in [2.45, 2.75) is 219 Å². The summed E-state index contributed by atoms with van der Waals surface area (Å²) in [6.45, 7) is 5.37. The minimum absolute atomic E-state index is 0.0822. The van der Waals surface area contributed by atoms with Gasteiger partial charge in [-0.2, -0.15) is 5.48 Å². The van der Waals surface area contributed by atoms with Gasteiger partial charge in [-0.05, 0) is 12.8 Å². The number of carbonyl (C=O) groups excluding carboxylic acids is 1. The zero-order chi connectivity index (χ0) is 28.3. The maximum absolute atomic E-state index is 11.9. The topological polar surface area (TPSA) is 38.3 Å². The Labute approximate surface area is 246 Å². The molecule has 39 heavy (non-hydrogen) atoms. The average Bonchev–Trinajstić information content (AvgIpc) is 2.94. The lowest BCUT2D eigenvalue weighted by Gasteiger charge is -2.06. The van der Waals surface area contributed by atoms with Crippen LogP contribution in [0.1, 0.15) is 219 Å². The van der Waals surface area contributed by atoms with Crippen molar-refractivity contribution in [1.29, 1.82) is 0 Å². The van der Waals surface area contributed by atoms with E-state index < -0.39 is 0 Å². The number of hydrogen-bond donors (Lipinski definition) is 1. The zero-order valence-electron chi connectivity index (χ0n) is 27.2. The summed E-state index contributed by atoms with van der Waals surface area (Å²) < 4.78 is 0. The van der Waals surface area contributed by atoms with Crippen LogP contribution in [0.2, 0.25) is 0 Å². The molecule has 0 aliphatic rings. The third kappa shape index (κ3) is 35.4. The van der Waals surface area contributed by atoms with Crippen molar-refractivity contribution in [1.82, 2.24) is 5.48 Å². The van der Waals surface area contributed by atoms with Gasteiger partial charge in [0.25, 0.3) is 0 Å². The quantitative estimate of drug-likeness (QED) is 0.0638. The summed E-state index contributed by atoms with van der Waals surface area (Å²) in [6, 6.07) is 0. The third-order valence-electron chi connectivity index (χ3n) is 8.30. The van der Waals surface area contributed by atoms with E-state index in [9.17, 15) is 4.79 Å². The summed E-state index contributed by atoms with van der Waals surface area (Å²) in [5.41, 5.74) is 2.89. The van der Waals surface area contributed by atoms with E-state index in [1.807, 2.05) is 0 Å². The van der Waals surface area contributed by atoms with Gasteiger partial charge in [0.1, 0.15) is 0 Å². The van der Waals surface area contributed by atoms with Gasteiger partial charge in [0.05, 0.1) is 0 Å². The number of carbonyl (C=O) groups is 1. The van der Waals surface area contributed by atoms with Crippen LogP contribution in [0.5, 0.6) is 0 Å². The van der Waals surface area contributed by atoms with E-state index in [4.69, 9.17) is 4.84 Å². The Morgan fingerprint density at radius 2 is 0.641 bits per heavy atom. The van der Waals surface area contributed by atoms with Gasteiger partial charge in [0, 0.05) is 13.0 Å². The number of nitrogens with one attached hydrogen (secondary N) is 1. The second-order valence-corrected chi connectivity index (χ2v) is 12.4. The van der Waals surface area contributed by atoms with Crippen LogP contribution >= 0.6 is 0 Å². The van der Waals surface area contributed by atoms with Crippen LogP contribution < -0.4 is 5.48 Å². The number of hydrogen-bond acceptors (Lipinski definition) is 3. The fourth-order valence-corrected chi connectivity index (χ4v) is 5.57. The Kier molecular flexibility index (Phi) is 34.9. The molecule has 0 fully saturated rings. The third-order valence-corrected chi connectivity index (χ3v) is 8.30. The second kappa shape index (κ2) is 35.5. The first-order valence-corrected chi connectivity index (χ1v) is 18.2. The van der Waals surface area contributed by atoms with Crippen molar-refractivity contribution < 1.29 is 9.63 Å². The molecule has 1 N–H and O–H groups in total. The highest BCUT2D eigenvalue weighted by molar-refractivity contribution is 5.68. The van der Waals surface area contributed by atoms with Gasteiger partial charge < -0.3 is 4.84 Å². The molecule has 0 aromatic carbocycles. The molecular weight excluding hydrogens is 478 g/mol. The highest BCUT2D eigenvalue weighted by Gasteiger charge is 2.03. The lowest BCUT2D eigenvalue weighted by molar-refractivity contribution is -0.151. The van der Waals surface area contributed by atoms with Gasteiger partial charge in [-0.3, -0.25) is 4.79 Å². The van der Waals surface area contributed by atoms with E-state index >= 15 is 0 Å². The molecule has 0 rings (SSSR count). The monoisotopic (exact) mass is 552 g/mol. The molecule has 3 heteroatoms. The lowest BCUT2D eigenvalue weighted by atomic mass is 10.0. The molecule has 0 heterocycles. The van der Waals surface area contributed by atoms with Crippen LogP contribution in [0, 0.1) is 0 Å². The van der Waals surface area contributed by atoms with Gasteiger partial charge in [-0.15, -0.1) is 0 Å². The number of hydroxylamine groups is 1. The van der Waals surface area contributed by atoms with Gasteiger partial charge in [-0.25, -0.2) is 0 Å². The fourth-order valence-electron chi connectivity index (χ4n) is 5.57. The summed E-state index contributed by atoms with van der Waals surface area (Å²) in [4.78, 5) is 17.1. The van der Waals surface area contributed by atoms with Crippen LogP contribution in [-0.2, 0) is 9.63 Å². The maximum atomic E-state index is 11.9. The Morgan fingerprint density at radius 3 is 0.949 bits per heavy atom. The molecule has 0 aliphatic carbocycles. The molecule has 0 bridgehead atoms. The van der Waals surface area contributed by atoms with E-state index in [0.717, 1.165) is 25.8 Å². The molecule has 0 unspecified atom stereocenters. The van der Waals surface area contributed by atoms with Crippen LogP contribution in [0.15, 0.2) is 0 Å². The number of rotatable bonds is 34. The van der Waals surface area contributed by atoms with E-state index in [2.05, 4.69) is 19.3 Å². The highest BCUT2D eigenvalue weighted by atomic mass is 16.7. The van der Waals surface area contributed by atoms with Crippen LogP contribution in [-0.4, -0.2) is 12.5 Å². The molecule has 0 radical (unpaired) electrons. The fraction of sp³-hybridized carbons (Fsp3) is 0.972. The smallest absolute Gasteiger partial charge is 0.324 e. The second-order valence-electron chi connectivity index (χ2n) is 12.4. The first-order chi connectivity index (χ1) is 19.3. The predicted octanol–water partition coefficient (Wildman–Crippen LogP) is 12.6. The van der Waals surface area contributed by atoms with Crippen molar-refractivity contribution in [3.8, 4) is 0 Å². The van der Waals surface area contributed by atoms with E-state index in [1.165, 1.54) is 180 Å². The van der Waals surface area contributed by atoms with Crippen LogP contribution in [0.4, 0.5) is 0 Å². The molecule has 234 valence electrons. The molecule has 0 aromatic heterocycles. The molecule has 0 saturated carbocycles. The Bertz CT molecular complexity index is 453. The first-order valence-electron chi connectivity index (χ1n) is 18.2. The highest BCUT2D eigenvalue weighted by Crippen LogP contribution is 2.15. The average molecular weight is 552 g/mol. The number of unbranched alkanes of at least 4 members (excludes halogenated alkanes) is 29. The lowest BCUT2D eigenvalue weighted by Crippen LogP contribution is -2.20. The van der Waals surface area contributed by atoms with Crippen molar-refractivity contribution in [2.24, 2.45) is 0 Å². The molecule has 0 saturated heterocycles. The predicted molar refractivity (Wildman–Crippen MR) is 173 cm³/mol. The summed E-state index contributed by atoms with van der Waals surface area (Å²) in [7, 11) is 0. The Hall–Kier alpha value is -0.570. The van der Waals surface area contributed by atoms with Crippen LogP contribution in [0.3, 0.4) is 0 Å². The van der Waals surface area contributed by atoms with Gasteiger partial charge >= 0.3 is 5.97 Å².